The molecule has 1 aromatic rings. The summed E-state index contributed by atoms with van der Waals surface area (Å²) in [7, 11) is 0. The molecule has 0 aliphatic heterocycles. The Morgan fingerprint density at radius 2 is 1.85 bits per heavy atom. The van der Waals surface area contributed by atoms with Crippen molar-refractivity contribution >= 4 is 31.9 Å². The van der Waals surface area contributed by atoms with Crippen molar-refractivity contribution in [2.45, 2.75) is 24.0 Å². The minimum absolute atomic E-state index is 0.459. The van der Waals surface area contributed by atoms with Gasteiger partial charge in [0.2, 0.25) is 0 Å². The second-order valence-electron chi connectivity index (χ2n) is 3.48. The predicted molar refractivity (Wildman–Crippen MR) is 65.6 cm³/mol. The lowest BCUT2D eigenvalue weighted by Gasteiger charge is -2.17. The van der Waals surface area contributed by atoms with Gasteiger partial charge in [-0.25, -0.2) is 0 Å². The average molecular weight is 306 g/mol. The van der Waals surface area contributed by atoms with Crippen LogP contribution in [-0.4, -0.2) is 0 Å². The molecular formula is C11H14Br2. The van der Waals surface area contributed by atoms with Crippen LogP contribution in [0, 0.1) is 5.92 Å². The van der Waals surface area contributed by atoms with Crippen LogP contribution in [0.5, 0.6) is 0 Å². The first kappa shape index (κ1) is 11.3. The van der Waals surface area contributed by atoms with Gasteiger partial charge in [0.25, 0.3) is 0 Å². The van der Waals surface area contributed by atoms with Crippen molar-refractivity contribution in [3.63, 3.8) is 0 Å². The zero-order valence-electron chi connectivity index (χ0n) is 7.93. The van der Waals surface area contributed by atoms with Gasteiger partial charge in [-0.2, -0.15) is 0 Å². The Bertz CT molecular complexity index is 269. The number of alkyl halides is 2. The summed E-state index contributed by atoms with van der Waals surface area (Å²) in [6.07, 6.45) is 0. The first-order valence-corrected chi connectivity index (χ1v) is 6.48. The van der Waals surface area contributed by atoms with E-state index in [1.54, 1.807) is 0 Å². The third-order valence-electron chi connectivity index (χ3n) is 2.08. The fourth-order valence-corrected chi connectivity index (χ4v) is 2.24. The van der Waals surface area contributed by atoms with Crippen molar-refractivity contribution in [3.8, 4) is 0 Å². The second-order valence-corrected chi connectivity index (χ2v) is 5.03. The largest absolute Gasteiger partial charge is 0.0876 e. The highest BCUT2D eigenvalue weighted by Gasteiger charge is 2.14. The highest BCUT2D eigenvalue weighted by atomic mass is 79.9. The normalized spacial score (nSPS) is 13.3. The molecule has 0 aliphatic carbocycles. The highest BCUT2D eigenvalue weighted by molar-refractivity contribution is 9.09. The van der Waals surface area contributed by atoms with E-state index < -0.39 is 0 Å². The first-order chi connectivity index (χ1) is 6.16. The van der Waals surface area contributed by atoms with E-state index >= 15 is 0 Å². The van der Waals surface area contributed by atoms with E-state index in [9.17, 15) is 0 Å². The van der Waals surface area contributed by atoms with Crippen LogP contribution in [0.2, 0.25) is 0 Å². The number of rotatable bonds is 3. The number of benzene rings is 1. The van der Waals surface area contributed by atoms with Crippen molar-refractivity contribution in [1.29, 1.82) is 0 Å². The molecular weight excluding hydrogens is 292 g/mol. The van der Waals surface area contributed by atoms with Crippen LogP contribution < -0.4 is 0 Å². The lowest BCUT2D eigenvalue weighted by Crippen LogP contribution is -2.01. The summed E-state index contributed by atoms with van der Waals surface area (Å²) in [5, 5.41) is 0.929. The fraction of sp³-hybridized carbons (Fsp3) is 0.455. The van der Waals surface area contributed by atoms with Crippen LogP contribution in [0.15, 0.2) is 24.3 Å². The molecule has 0 aliphatic rings. The molecule has 0 amide bonds. The first-order valence-electron chi connectivity index (χ1n) is 4.44. The maximum absolute atomic E-state index is 3.72. The summed E-state index contributed by atoms with van der Waals surface area (Å²) in [5.41, 5.74) is 2.77. The topological polar surface area (TPSA) is 0 Å². The van der Waals surface area contributed by atoms with Gasteiger partial charge in [-0.1, -0.05) is 70.0 Å². The standard InChI is InChI=1S/C11H14Br2/c1-8(2)11(13)10-6-4-3-5-9(10)7-12/h3-6,8,11H,7H2,1-2H3. The van der Waals surface area contributed by atoms with Crippen molar-refractivity contribution < 1.29 is 0 Å². The Labute approximate surface area is 97.0 Å². The number of halogens is 2. The SMILES string of the molecule is CC(C)C(Br)c1ccccc1CBr. The van der Waals surface area contributed by atoms with Gasteiger partial charge < -0.3 is 0 Å². The molecule has 13 heavy (non-hydrogen) atoms. The van der Waals surface area contributed by atoms with Crippen LogP contribution in [0.1, 0.15) is 29.8 Å². The summed E-state index contributed by atoms with van der Waals surface area (Å²) in [6.45, 7) is 4.45. The number of hydrogen-bond donors (Lipinski definition) is 0. The van der Waals surface area contributed by atoms with E-state index in [2.05, 4.69) is 70.0 Å². The molecule has 0 N–H and O–H groups in total. The molecule has 0 fully saturated rings. The Balaban J connectivity index is 2.98. The zero-order valence-corrected chi connectivity index (χ0v) is 11.1. The molecule has 2 heteroatoms. The van der Waals surface area contributed by atoms with Gasteiger partial charge >= 0.3 is 0 Å². The molecule has 1 rings (SSSR count). The molecule has 0 nitrogen and oxygen atoms in total. The lowest BCUT2D eigenvalue weighted by atomic mass is 9.99. The minimum atomic E-state index is 0.459. The van der Waals surface area contributed by atoms with E-state index in [-0.39, 0.29) is 0 Å². The zero-order chi connectivity index (χ0) is 9.84. The molecule has 1 atom stereocenters. The fourth-order valence-electron chi connectivity index (χ4n) is 1.28. The van der Waals surface area contributed by atoms with Crippen LogP contribution in [0.3, 0.4) is 0 Å². The molecule has 0 radical (unpaired) electrons. The second kappa shape index (κ2) is 5.16. The van der Waals surface area contributed by atoms with E-state index in [4.69, 9.17) is 0 Å². The summed E-state index contributed by atoms with van der Waals surface area (Å²) >= 11 is 7.23. The van der Waals surface area contributed by atoms with Gasteiger partial charge in [-0.05, 0) is 17.0 Å². The van der Waals surface area contributed by atoms with Gasteiger partial charge in [0, 0.05) is 10.2 Å². The van der Waals surface area contributed by atoms with Gasteiger partial charge in [0.05, 0.1) is 0 Å². The van der Waals surface area contributed by atoms with E-state index in [0.29, 0.717) is 10.7 Å². The quantitative estimate of drug-likeness (QED) is 0.712. The molecule has 0 spiro atoms. The Morgan fingerprint density at radius 1 is 1.23 bits per heavy atom. The van der Waals surface area contributed by atoms with E-state index in [0.717, 1.165) is 5.33 Å². The van der Waals surface area contributed by atoms with Crippen LogP contribution >= 0.6 is 31.9 Å². The van der Waals surface area contributed by atoms with Gasteiger partial charge in [0.15, 0.2) is 0 Å². The molecule has 1 aromatic carbocycles. The third-order valence-corrected chi connectivity index (χ3v) is 4.24. The maximum atomic E-state index is 3.72. The summed E-state index contributed by atoms with van der Waals surface area (Å²) < 4.78 is 0. The summed E-state index contributed by atoms with van der Waals surface area (Å²) in [5.74, 6) is 0.625. The van der Waals surface area contributed by atoms with E-state index in [1.165, 1.54) is 11.1 Å². The van der Waals surface area contributed by atoms with Crippen molar-refractivity contribution in [3.05, 3.63) is 35.4 Å². The Kier molecular flexibility index (Phi) is 4.47. The molecule has 72 valence electrons. The summed E-state index contributed by atoms with van der Waals surface area (Å²) in [6, 6.07) is 8.54. The monoisotopic (exact) mass is 304 g/mol. The number of hydrogen-bond acceptors (Lipinski definition) is 0. The minimum Gasteiger partial charge on any atom is -0.0876 e. The molecule has 0 saturated heterocycles. The van der Waals surface area contributed by atoms with Gasteiger partial charge in [0.1, 0.15) is 0 Å². The summed E-state index contributed by atoms with van der Waals surface area (Å²) in [4.78, 5) is 0.459. The van der Waals surface area contributed by atoms with Gasteiger partial charge in [-0.3, -0.25) is 0 Å². The maximum Gasteiger partial charge on any atom is 0.0421 e. The van der Waals surface area contributed by atoms with Crippen LogP contribution in [0.4, 0.5) is 0 Å². The van der Waals surface area contributed by atoms with Crippen molar-refractivity contribution in [2.24, 2.45) is 5.92 Å². The van der Waals surface area contributed by atoms with Crippen LogP contribution in [-0.2, 0) is 5.33 Å². The van der Waals surface area contributed by atoms with Crippen LogP contribution in [0.25, 0.3) is 0 Å². The van der Waals surface area contributed by atoms with Crippen molar-refractivity contribution in [2.75, 3.05) is 0 Å². The molecule has 0 aromatic heterocycles. The highest BCUT2D eigenvalue weighted by Crippen LogP contribution is 2.33. The predicted octanol–water partition coefficient (Wildman–Crippen LogP) is 4.67. The lowest BCUT2D eigenvalue weighted by molar-refractivity contribution is 0.638. The average Bonchev–Trinajstić information content (AvgIpc) is 2.16. The van der Waals surface area contributed by atoms with E-state index in [1.807, 2.05) is 0 Å². The Hall–Kier alpha value is 0.180. The third kappa shape index (κ3) is 2.81. The smallest absolute Gasteiger partial charge is 0.0421 e. The molecule has 1 unspecified atom stereocenters. The molecule has 0 bridgehead atoms. The molecule has 0 saturated carbocycles. The molecule has 0 heterocycles. The van der Waals surface area contributed by atoms with Crippen molar-refractivity contribution in [1.82, 2.24) is 0 Å². The Morgan fingerprint density at radius 3 is 2.38 bits per heavy atom. The van der Waals surface area contributed by atoms with Gasteiger partial charge in [-0.15, -0.1) is 0 Å².